The predicted octanol–water partition coefficient (Wildman–Crippen LogP) is -4.23. The predicted molar refractivity (Wildman–Crippen MR) is 57.5 cm³/mol. The highest BCUT2D eigenvalue weighted by Gasteiger charge is 2.77. The van der Waals surface area contributed by atoms with E-state index in [1.807, 2.05) is 0 Å². The summed E-state index contributed by atoms with van der Waals surface area (Å²) in [5.74, 6) is -2.22. The van der Waals surface area contributed by atoms with Gasteiger partial charge in [-0.3, -0.25) is 4.79 Å². The van der Waals surface area contributed by atoms with E-state index in [0.717, 1.165) is 11.0 Å². The maximum absolute atomic E-state index is 12.1. The van der Waals surface area contributed by atoms with Gasteiger partial charge in [-0.2, -0.15) is 4.84 Å². The number of hydrogen-bond donors (Lipinski definition) is 4. The van der Waals surface area contributed by atoms with Gasteiger partial charge in [-0.25, -0.2) is 9.78 Å². The summed E-state index contributed by atoms with van der Waals surface area (Å²) in [5, 5.41) is 41.1. The third-order valence-corrected chi connectivity index (χ3v) is 3.72. The van der Waals surface area contributed by atoms with E-state index in [-0.39, 0.29) is 5.69 Å². The summed E-state index contributed by atoms with van der Waals surface area (Å²) in [6, 6.07) is 0. The Morgan fingerprint density at radius 2 is 1.90 bits per heavy atom. The second-order valence-corrected chi connectivity index (χ2v) is 4.76. The number of hydrogen-bond acceptors (Lipinski definition) is 9. The van der Waals surface area contributed by atoms with Gasteiger partial charge in [-0.1, -0.05) is 9.69 Å². The molecule has 0 aromatic carbocycles. The largest absolute Gasteiger partial charge is 0.431 e. The van der Waals surface area contributed by atoms with Crippen molar-refractivity contribution in [2.24, 2.45) is 0 Å². The molecule has 21 heavy (non-hydrogen) atoms. The number of aliphatic hydroxyl groups is 4. The Morgan fingerprint density at radius 1 is 1.19 bits per heavy atom. The van der Waals surface area contributed by atoms with Crippen molar-refractivity contribution in [2.75, 3.05) is 0 Å². The highest BCUT2D eigenvalue weighted by atomic mass is 16.9. The molecule has 1 amide bonds. The first kappa shape index (κ1) is 12.6. The van der Waals surface area contributed by atoms with Gasteiger partial charge in [0.15, 0.2) is 17.5 Å². The zero-order valence-corrected chi connectivity index (χ0v) is 10.2. The van der Waals surface area contributed by atoms with Gasteiger partial charge in [0, 0.05) is 5.01 Å². The molecule has 12 nitrogen and oxygen atoms in total. The summed E-state index contributed by atoms with van der Waals surface area (Å²) in [6.07, 6.45) is -4.83. The summed E-state index contributed by atoms with van der Waals surface area (Å²) < 4.78 is 1.04. The van der Waals surface area contributed by atoms with Crippen LogP contribution in [0.3, 0.4) is 0 Å². The van der Waals surface area contributed by atoms with Crippen molar-refractivity contribution in [3.8, 4) is 0 Å². The Kier molecular flexibility index (Phi) is 2.14. The molecule has 2 fully saturated rings. The molecule has 5 atom stereocenters. The average Bonchev–Trinajstić information content (AvgIpc) is 3.07. The van der Waals surface area contributed by atoms with Gasteiger partial charge in [0.2, 0.25) is 0 Å². The van der Waals surface area contributed by atoms with Gasteiger partial charge >= 0.3 is 11.9 Å². The topological polar surface area (TPSA) is 149 Å². The number of nitrogens with zero attached hydrogens (tertiary/aromatic N) is 5. The standard InChI is InChI=1S/C9H10N5O7/c15-4-3-1-10-2-11(3)14-12(5(4)16)6(17)7(18)13(14)8(19)9(20)21-14/h1-2,4-6,8,15-17,19H/q+1. The van der Waals surface area contributed by atoms with E-state index in [0.29, 0.717) is 10.0 Å². The Labute approximate surface area is 115 Å². The lowest BCUT2D eigenvalue weighted by Crippen LogP contribution is -2.74. The molecule has 4 N–H and O–H groups in total. The van der Waals surface area contributed by atoms with E-state index < -0.39 is 41.6 Å². The van der Waals surface area contributed by atoms with Gasteiger partial charge in [0.1, 0.15) is 11.8 Å². The van der Waals surface area contributed by atoms with E-state index in [1.54, 1.807) is 0 Å². The summed E-state index contributed by atoms with van der Waals surface area (Å²) >= 11 is 0. The SMILES string of the molecule is O=C1O[N+]23N(C(=O)C(O)N2C(O)C(O)c2cncn23)C1O. The third-order valence-electron chi connectivity index (χ3n) is 3.72. The van der Waals surface area contributed by atoms with Crippen molar-refractivity contribution >= 4 is 11.9 Å². The number of imidazole rings is 1. The summed E-state index contributed by atoms with van der Waals surface area (Å²) in [5.41, 5.74) is 0.0348. The lowest BCUT2D eigenvalue weighted by molar-refractivity contribution is -0.417. The molecule has 12 heteroatoms. The molecule has 0 saturated carbocycles. The molecule has 0 aliphatic carbocycles. The second kappa shape index (κ2) is 3.56. The zero-order chi connectivity index (χ0) is 15.1. The fourth-order valence-corrected chi connectivity index (χ4v) is 2.82. The molecule has 0 radical (unpaired) electrons. The third kappa shape index (κ3) is 1.15. The quantitative estimate of drug-likeness (QED) is 0.350. The maximum Gasteiger partial charge on any atom is 0.431 e. The van der Waals surface area contributed by atoms with Gasteiger partial charge in [0.05, 0.1) is 6.20 Å². The van der Waals surface area contributed by atoms with Crippen LogP contribution in [0.25, 0.3) is 0 Å². The van der Waals surface area contributed by atoms with Crippen LogP contribution in [0.15, 0.2) is 12.5 Å². The molecular formula is C9H10N5O7+. The lowest BCUT2D eigenvalue weighted by Gasteiger charge is -2.40. The minimum Gasteiger partial charge on any atom is -0.382 e. The van der Waals surface area contributed by atoms with Crippen LogP contribution in [0, 0.1) is 0 Å². The molecule has 3 aliphatic heterocycles. The summed E-state index contributed by atoms with van der Waals surface area (Å²) in [4.78, 5) is 31.2. The molecule has 112 valence electrons. The van der Waals surface area contributed by atoms with Gasteiger partial charge in [-0.05, 0) is 0 Å². The first-order chi connectivity index (χ1) is 9.91. The van der Waals surface area contributed by atoms with Crippen LogP contribution in [0.5, 0.6) is 0 Å². The first-order valence-electron chi connectivity index (χ1n) is 5.91. The van der Waals surface area contributed by atoms with Crippen molar-refractivity contribution < 1.29 is 34.9 Å². The van der Waals surface area contributed by atoms with E-state index in [9.17, 15) is 30.0 Å². The van der Waals surface area contributed by atoms with E-state index >= 15 is 0 Å². The molecular weight excluding hydrogens is 290 g/mol. The first-order valence-corrected chi connectivity index (χ1v) is 5.91. The molecule has 4 rings (SSSR count). The van der Waals surface area contributed by atoms with Crippen molar-refractivity contribution in [1.82, 2.24) is 24.7 Å². The number of carbonyl (C=O) groups is 2. The molecule has 3 aliphatic rings. The smallest absolute Gasteiger partial charge is 0.382 e. The lowest BCUT2D eigenvalue weighted by atomic mass is 10.2. The minimum absolute atomic E-state index is 0.0348. The van der Waals surface area contributed by atoms with Crippen LogP contribution in [0.1, 0.15) is 11.8 Å². The van der Waals surface area contributed by atoms with Crippen LogP contribution in [-0.4, -0.2) is 70.7 Å². The Hall–Kier alpha value is -2.09. The van der Waals surface area contributed by atoms with Crippen molar-refractivity contribution in [2.45, 2.75) is 24.8 Å². The van der Waals surface area contributed by atoms with Crippen LogP contribution >= 0.6 is 0 Å². The fourth-order valence-electron chi connectivity index (χ4n) is 2.82. The summed E-state index contributed by atoms with van der Waals surface area (Å²) in [6.45, 7) is 0. The minimum atomic E-state index is -1.96. The maximum atomic E-state index is 12.1. The van der Waals surface area contributed by atoms with Crippen molar-refractivity contribution in [3.05, 3.63) is 18.2 Å². The van der Waals surface area contributed by atoms with Crippen LogP contribution in [0.2, 0.25) is 0 Å². The zero-order valence-electron chi connectivity index (χ0n) is 10.2. The van der Waals surface area contributed by atoms with E-state index in [4.69, 9.17) is 4.84 Å². The second-order valence-electron chi connectivity index (χ2n) is 4.76. The monoisotopic (exact) mass is 300 g/mol. The number of rotatable bonds is 0. The number of amides is 1. The molecule has 4 heterocycles. The van der Waals surface area contributed by atoms with Crippen molar-refractivity contribution in [3.63, 3.8) is 0 Å². The Bertz CT molecular complexity index is 663. The number of fused-ring (bicyclic) bond motifs is 1. The fraction of sp³-hybridized carbons (Fsp3) is 0.444. The van der Waals surface area contributed by atoms with Crippen molar-refractivity contribution in [1.29, 1.82) is 0 Å². The molecule has 1 aromatic heterocycles. The Balaban J connectivity index is 2.02. The van der Waals surface area contributed by atoms with E-state index in [2.05, 4.69) is 4.98 Å². The van der Waals surface area contributed by atoms with E-state index in [1.165, 1.54) is 6.20 Å². The average molecular weight is 300 g/mol. The van der Waals surface area contributed by atoms with Gasteiger partial charge < -0.3 is 20.4 Å². The summed E-state index contributed by atoms with van der Waals surface area (Å²) in [7, 11) is 0. The number of aromatic nitrogens is 2. The molecule has 0 bridgehead atoms. The van der Waals surface area contributed by atoms with Gasteiger partial charge in [-0.15, -0.1) is 0 Å². The number of quaternary nitrogens is 1. The normalized spacial score (nSPS) is 41.8. The molecule has 1 spiro atoms. The highest BCUT2D eigenvalue weighted by Crippen LogP contribution is 2.42. The number of carbonyl (C=O) groups excluding carboxylic acids is 2. The van der Waals surface area contributed by atoms with Crippen LogP contribution < -0.4 is 4.97 Å². The molecule has 5 unspecified atom stereocenters. The van der Waals surface area contributed by atoms with Crippen LogP contribution in [-0.2, 0) is 14.4 Å². The molecule has 2 saturated heterocycles. The van der Waals surface area contributed by atoms with Gasteiger partial charge in [0.25, 0.3) is 12.5 Å². The number of aliphatic hydroxyl groups excluding tert-OH is 4. The molecule has 1 aromatic rings. The highest BCUT2D eigenvalue weighted by molar-refractivity contribution is 5.89. The van der Waals surface area contributed by atoms with Crippen LogP contribution in [0.4, 0.5) is 0 Å². The Morgan fingerprint density at radius 3 is 2.62 bits per heavy atom.